The summed E-state index contributed by atoms with van der Waals surface area (Å²) in [5.74, 6) is 0. The zero-order chi connectivity index (χ0) is 17.3. The van der Waals surface area contributed by atoms with Gasteiger partial charge in [0.15, 0.2) is 12.6 Å². The van der Waals surface area contributed by atoms with E-state index in [0.717, 1.165) is 0 Å². The van der Waals surface area contributed by atoms with Crippen molar-refractivity contribution in [1.29, 1.82) is 0 Å². The van der Waals surface area contributed by atoms with E-state index in [2.05, 4.69) is 0 Å². The molecule has 0 aliphatic carbocycles. The molecule has 0 amide bonds. The maximum absolute atomic E-state index is 10.1. The third-order valence-electron chi connectivity index (χ3n) is 4.20. The Morgan fingerprint density at radius 1 is 0.783 bits per heavy atom. The van der Waals surface area contributed by atoms with Gasteiger partial charge in [0.05, 0.1) is 12.7 Å². The standard InChI is InChI=1S/C13H24O10/c1-2-4-11(8(17)9(18)12(20)21-4)23-13-10(19)7(16)6(15)5(3-14)22-13/h4-20H,2-3H2,1H3/t4?,5?,6-,7-,8+,9?,10?,11-,12+,13-/m0/s1. The van der Waals surface area contributed by atoms with Gasteiger partial charge in [0.25, 0.3) is 0 Å². The van der Waals surface area contributed by atoms with Crippen molar-refractivity contribution in [2.45, 2.75) is 74.8 Å². The Kier molecular flexibility index (Phi) is 6.30. The first-order valence-corrected chi connectivity index (χ1v) is 7.47. The summed E-state index contributed by atoms with van der Waals surface area (Å²) in [6.07, 6.45) is -13.8. The molecule has 2 fully saturated rings. The van der Waals surface area contributed by atoms with Crippen molar-refractivity contribution < 1.29 is 50.0 Å². The van der Waals surface area contributed by atoms with Crippen LogP contribution >= 0.6 is 0 Å². The Morgan fingerprint density at radius 3 is 2.00 bits per heavy atom. The lowest BCUT2D eigenvalue weighted by Crippen LogP contribution is -2.63. The van der Waals surface area contributed by atoms with Crippen molar-refractivity contribution in [3.63, 3.8) is 0 Å². The van der Waals surface area contributed by atoms with Gasteiger partial charge in [-0.15, -0.1) is 0 Å². The minimum Gasteiger partial charge on any atom is -0.394 e. The summed E-state index contributed by atoms with van der Waals surface area (Å²) in [5.41, 5.74) is 0. The fourth-order valence-corrected chi connectivity index (χ4v) is 2.75. The molecule has 2 rings (SSSR count). The van der Waals surface area contributed by atoms with Crippen LogP contribution in [0.4, 0.5) is 0 Å². The van der Waals surface area contributed by atoms with Crippen LogP contribution in [-0.4, -0.2) is 104 Å². The highest BCUT2D eigenvalue weighted by Crippen LogP contribution is 2.29. The zero-order valence-electron chi connectivity index (χ0n) is 12.5. The van der Waals surface area contributed by atoms with Crippen LogP contribution in [0.25, 0.3) is 0 Å². The van der Waals surface area contributed by atoms with Gasteiger partial charge in [-0.1, -0.05) is 6.92 Å². The van der Waals surface area contributed by atoms with Crippen LogP contribution in [0.2, 0.25) is 0 Å². The Bertz CT molecular complexity index is 378. The van der Waals surface area contributed by atoms with Crippen LogP contribution in [-0.2, 0) is 14.2 Å². The lowest BCUT2D eigenvalue weighted by molar-refractivity contribution is -0.353. The molecule has 0 aromatic rings. The van der Waals surface area contributed by atoms with Gasteiger partial charge in [0, 0.05) is 0 Å². The average Bonchev–Trinajstić information content (AvgIpc) is 2.55. The summed E-state index contributed by atoms with van der Waals surface area (Å²) in [6, 6.07) is 0. The Hall–Kier alpha value is -0.400. The van der Waals surface area contributed by atoms with E-state index in [1.807, 2.05) is 0 Å². The second-order valence-electron chi connectivity index (χ2n) is 5.75. The molecule has 2 heterocycles. The van der Waals surface area contributed by atoms with Crippen molar-refractivity contribution in [2.75, 3.05) is 6.61 Å². The molecule has 7 N–H and O–H groups in total. The van der Waals surface area contributed by atoms with E-state index in [4.69, 9.17) is 19.3 Å². The van der Waals surface area contributed by atoms with Crippen LogP contribution in [0.15, 0.2) is 0 Å². The third kappa shape index (κ3) is 3.66. The summed E-state index contributed by atoms with van der Waals surface area (Å²) in [6.45, 7) is 1.08. The molecule has 0 saturated carbocycles. The molecule has 0 spiro atoms. The molecule has 0 bridgehead atoms. The predicted molar refractivity (Wildman–Crippen MR) is 71.8 cm³/mol. The second kappa shape index (κ2) is 7.66. The van der Waals surface area contributed by atoms with Crippen molar-refractivity contribution >= 4 is 0 Å². The molecule has 2 saturated heterocycles. The van der Waals surface area contributed by atoms with E-state index < -0.39 is 68.0 Å². The quantitative estimate of drug-likeness (QED) is 0.268. The third-order valence-corrected chi connectivity index (χ3v) is 4.20. The molecule has 2 aliphatic heterocycles. The van der Waals surface area contributed by atoms with Gasteiger partial charge in [-0.2, -0.15) is 0 Å². The number of aliphatic hydroxyl groups excluding tert-OH is 7. The van der Waals surface area contributed by atoms with Crippen molar-refractivity contribution in [2.24, 2.45) is 0 Å². The largest absolute Gasteiger partial charge is 0.394 e. The van der Waals surface area contributed by atoms with E-state index in [1.54, 1.807) is 6.92 Å². The van der Waals surface area contributed by atoms with Crippen molar-refractivity contribution in [3.05, 3.63) is 0 Å². The summed E-state index contributed by atoms with van der Waals surface area (Å²) in [7, 11) is 0. The van der Waals surface area contributed by atoms with Crippen LogP contribution < -0.4 is 0 Å². The lowest BCUT2D eigenvalue weighted by atomic mass is 9.96. The highest BCUT2D eigenvalue weighted by molar-refractivity contribution is 4.93. The molecule has 10 atom stereocenters. The second-order valence-corrected chi connectivity index (χ2v) is 5.75. The van der Waals surface area contributed by atoms with E-state index in [0.29, 0.717) is 6.42 Å². The zero-order valence-corrected chi connectivity index (χ0v) is 12.5. The van der Waals surface area contributed by atoms with Crippen LogP contribution in [0.1, 0.15) is 13.3 Å². The highest BCUT2D eigenvalue weighted by atomic mass is 16.7. The number of aliphatic hydroxyl groups is 7. The fraction of sp³-hybridized carbons (Fsp3) is 1.00. The van der Waals surface area contributed by atoms with Gasteiger partial charge in [0.1, 0.15) is 42.7 Å². The first-order valence-electron chi connectivity index (χ1n) is 7.47. The Labute approximate surface area is 132 Å². The maximum Gasteiger partial charge on any atom is 0.187 e. The Balaban J connectivity index is 2.11. The molecular weight excluding hydrogens is 316 g/mol. The first kappa shape index (κ1) is 18.9. The number of hydrogen-bond acceptors (Lipinski definition) is 10. The van der Waals surface area contributed by atoms with E-state index in [9.17, 15) is 30.6 Å². The number of hydrogen-bond donors (Lipinski definition) is 7. The summed E-state index contributed by atoms with van der Waals surface area (Å²) >= 11 is 0. The molecule has 0 aromatic carbocycles. The molecule has 0 radical (unpaired) electrons. The van der Waals surface area contributed by atoms with E-state index in [1.165, 1.54) is 0 Å². The highest BCUT2D eigenvalue weighted by Gasteiger charge is 2.49. The number of rotatable bonds is 4. The van der Waals surface area contributed by atoms with Crippen LogP contribution in [0.5, 0.6) is 0 Å². The average molecular weight is 340 g/mol. The first-order chi connectivity index (χ1) is 10.8. The van der Waals surface area contributed by atoms with E-state index in [-0.39, 0.29) is 0 Å². The number of ether oxygens (including phenoxy) is 3. The van der Waals surface area contributed by atoms with Gasteiger partial charge in [-0.3, -0.25) is 0 Å². The topological polar surface area (TPSA) is 169 Å². The van der Waals surface area contributed by atoms with Gasteiger partial charge in [-0.25, -0.2) is 0 Å². The summed E-state index contributed by atoms with van der Waals surface area (Å²) < 4.78 is 15.8. The fourth-order valence-electron chi connectivity index (χ4n) is 2.75. The summed E-state index contributed by atoms with van der Waals surface area (Å²) in [4.78, 5) is 0. The normalized spacial score (nSPS) is 51.7. The summed E-state index contributed by atoms with van der Waals surface area (Å²) in [5, 5.41) is 67.8. The molecule has 136 valence electrons. The van der Waals surface area contributed by atoms with Gasteiger partial charge >= 0.3 is 0 Å². The van der Waals surface area contributed by atoms with E-state index >= 15 is 0 Å². The molecule has 10 heteroatoms. The monoisotopic (exact) mass is 340 g/mol. The van der Waals surface area contributed by atoms with Crippen LogP contribution in [0.3, 0.4) is 0 Å². The van der Waals surface area contributed by atoms with Gasteiger partial charge in [0.2, 0.25) is 0 Å². The minimum absolute atomic E-state index is 0.322. The van der Waals surface area contributed by atoms with Crippen molar-refractivity contribution in [1.82, 2.24) is 0 Å². The molecule has 10 nitrogen and oxygen atoms in total. The SMILES string of the molecule is CCC1O[C@@H](O)C(O)[C@@H](O)[C@H]1O[C@@H]1OC(CO)[C@H](O)[C@H](O)C1O. The predicted octanol–water partition coefficient (Wildman–Crippen LogP) is -3.98. The smallest absolute Gasteiger partial charge is 0.187 e. The Morgan fingerprint density at radius 2 is 1.43 bits per heavy atom. The molecule has 0 aromatic heterocycles. The van der Waals surface area contributed by atoms with Gasteiger partial charge < -0.3 is 50.0 Å². The lowest BCUT2D eigenvalue weighted by Gasteiger charge is -2.45. The molecule has 2 aliphatic rings. The molecular formula is C13H24O10. The van der Waals surface area contributed by atoms with Gasteiger partial charge in [-0.05, 0) is 6.42 Å². The van der Waals surface area contributed by atoms with Crippen LogP contribution in [0, 0.1) is 0 Å². The molecule has 4 unspecified atom stereocenters. The maximum atomic E-state index is 10.1. The molecule has 23 heavy (non-hydrogen) atoms. The van der Waals surface area contributed by atoms with Crippen molar-refractivity contribution in [3.8, 4) is 0 Å². The minimum atomic E-state index is -1.64.